The third-order valence-corrected chi connectivity index (χ3v) is 7.90. The molecule has 2 unspecified atom stereocenters. The van der Waals surface area contributed by atoms with Gasteiger partial charge >= 0.3 is 5.69 Å². The zero-order chi connectivity index (χ0) is 25.8. The third-order valence-electron chi connectivity index (χ3n) is 7.90. The van der Waals surface area contributed by atoms with Crippen molar-refractivity contribution in [2.24, 2.45) is 11.8 Å². The Bertz CT molecular complexity index is 1370. The van der Waals surface area contributed by atoms with Crippen molar-refractivity contribution >= 4 is 0 Å². The molecule has 1 fully saturated rings. The summed E-state index contributed by atoms with van der Waals surface area (Å²) < 4.78 is 4.05. The van der Waals surface area contributed by atoms with E-state index in [0.717, 1.165) is 53.6 Å². The number of aryl methyl sites for hydroxylation is 1. The topological polar surface area (TPSA) is 94.3 Å². The second-order valence-corrected chi connectivity index (χ2v) is 10.6. The van der Waals surface area contributed by atoms with E-state index in [4.69, 9.17) is 0 Å². The lowest BCUT2D eigenvalue weighted by atomic mass is 9.78. The Morgan fingerprint density at radius 2 is 1.89 bits per heavy atom. The highest BCUT2D eigenvalue weighted by Gasteiger charge is 2.31. The largest absolute Gasteiger partial charge is 0.328 e. The van der Waals surface area contributed by atoms with Crippen molar-refractivity contribution in [3.63, 3.8) is 0 Å². The van der Waals surface area contributed by atoms with Crippen LogP contribution >= 0.6 is 0 Å². The van der Waals surface area contributed by atoms with Crippen LogP contribution in [0.25, 0.3) is 22.5 Å². The van der Waals surface area contributed by atoms with E-state index in [1.165, 1.54) is 19.3 Å². The molecule has 0 aliphatic heterocycles. The van der Waals surface area contributed by atoms with Crippen molar-refractivity contribution in [3.8, 4) is 22.5 Å². The first-order valence-electron chi connectivity index (χ1n) is 13.6. The number of pyridine rings is 1. The average molecular weight is 500 g/mol. The molecule has 0 bridgehead atoms. The first-order valence-corrected chi connectivity index (χ1v) is 13.6. The molecule has 3 heterocycles. The summed E-state index contributed by atoms with van der Waals surface area (Å²) in [6.45, 7) is 7.27. The number of unbranched alkanes of at least 4 members (excludes halogenated alkanes) is 1. The zero-order valence-corrected chi connectivity index (χ0v) is 22.1. The summed E-state index contributed by atoms with van der Waals surface area (Å²) in [7, 11) is 0. The van der Waals surface area contributed by atoms with Crippen LogP contribution in [-0.4, -0.2) is 34.7 Å². The van der Waals surface area contributed by atoms with Crippen molar-refractivity contribution in [1.82, 2.24) is 34.7 Å². The first kappa shape index (κ1) is 25.1. The number of hydrogen-bond donors (Lipinski definition) is 1. The normalized spacial score (nSPS) is 17.9. The maximum absolute atomic E-state index is 14.0. The van der Waals surface area contributed by atoms with Gasteiger partial charge in [-0.2, -0.15) is 5.21 Å². The van der Waals surface area contributed by atoms with Crippen LogP contribution in [0, 0.1) is 11.8 Å². The second-order valence-electron chi connectivity index (χ2n) is 10.6. The Morgan fingerprint density at radius 1 is 1.08 bits per heavy atom. The van der Waals surface area contributed by atoms with E-state index in [1.807, 2.05) is 35.0 Å². The maximum atomic E-state index is 14.0. The molecule has 1 aromatic carbocycles. The minimum Gasteiger partial charge on any atom is -0.296 e. The molecule has 194 valence electrons. The van der Waals surface area contributed by atoms with Gasteiger partial charge in [-0.1, -0.05) is 64.3 Å². The van der Waals surface area contributed by atoms with Crippen molar-refractivity contribution in [2.75, 3.05) is 0 Å². The number of nitrogens with zero attached hydrogens (tertiary/aromatic N) is 6. The van der Waals surface area contributed by atoms with Gasteiger partial charge in [-0.3, -0.25) is 14.1 Å². The number of imidazole rings is 1. The van der Waals surface area contributed by atoms with E-state index < -0.39 is 0 Å². The summed E-state index contributed by atoms with van der Waals surface area (Å²) in [5.41, 5.74) is 5.12. The minimum absolute atomic E-state index is 0.102. The fraction of sp³-hybridized carbons (Fsp3) is 0.483. The Balaban J connectivity index is 1.57. The van der Waals surface area contributed by atoms with Crippen molar-refractivity contribution < 1.29 is 0 Å². The molecule has 37 heavy (non-hydrogen) atoms. The number of tetrazole rings is 1. The Kier molecular flexibility index (Phi) is 7.63. The van der Waals surface area contributed by atoms with Crippen molar-refractivity contribution in [2.45, 2.75) is 78.3 Å². The lowest BCUT2D eigenvalue weighted by molar-refractivity contribution is 0.180. The number of benzene rings is 1. The molecule has 8 heteroatoms. The smallest absolute Gasteiger partial charge is 0.296 e. The summed E-state index contributed by atoms with van der Waals surface area (Å²) in [5, 5.41) is 14.7. The molecular formula is C29H37N7O. The zero-order valence-electron chi connectivity index (χ0n) is 22.1. The molecular weight excluding hydrogens is 462 g/mol. The number of H-pyrrole nitrogens is 1. The lowest BCUT2D eigenvalue weighted by Gasteiger charge is -2.34. The molecule has 8 nitrogen and oxygen atoms in total. The van der Waals surface area contributed by atoms with Gasteiger partial charge in [0.05, 0.1) is 6.54 Å². The SMILES string of the molecule is CCCCc1cn(C2CCCCC2C(C)C)c(=O)n1Cc1cnccc1-c1ccccc1-c1nn[nH]n1. The van der Waals surface area contributed by atoms with Crippen LogP contribution in [0.4, 0.5) is 0 Å². The molecule has 0 amide bonds. The Hall–Kier alpha value is -3.55. The predicted molar refractivity (Wildman–Crippen MR) is 145 cm³/mol. The maximum Gasteiger partial charge on any atom is 0.328 e. The van der Waals surface area contributed by atoms with Crippen molar-refractivity contribution in [1.29, 1.82) is 0 Å². The van der Waals surface area contributed by atoms with Gasteiger partial charge in [0.25, 0.3) is 0 Å². The number of nitrogens with one attached hydrogen (secondary N) is 1. The molecule has 4 aromatic rings. The second kappa shape index (κ2) is 11.2. The molecule has 3 aromatic heterocycles. The van der Waals surface area contributed by atoms with Crippen LogP contribution in [0.15, 0.2) is 53.7 Å². The minimum atomic E-state index is 0.102. The predicted octanol–water partition coefficient (Wildman–Crippen LogP) is 5.67. The van der Waals surface area contributed by atoms with Gasteiger partial charge in [0.15, 0.2) is 0 Å². The fourth-order valence-corrected chi connectivity index (χ4v) is 5.95. The van der Waals surface area contributed by atoms with E-state index in [9.17, 15) is 4.79 Å². The summed E-state index contributed by atoms with van der Waals surface area (Å²) in [4.78, 5) is 18.4. The van der Waals surface area contributed by atoms with Gasteiger partial charge in [0.2, 0.25) is 5.82 Å². The Morgan fingerprint density at radius 3 is 2.65 bits per heavy atom. The molecule has 2 atom stereocenters. The van der Waals surface area contributed by atoms with Gasteiger partial charge in [-0.15, -0.1) is 10.2 Å². The van der Waals surface area contributed by atoms with E-state index >= 15 is 0 Å². The Labute approximate surface area is 218 Å². The molecule has 5 rings (SSSR count). The molecule has 1 N–H and O–H groups in total. The number of aromatic nitrogens is 7. The van der Waals surface area contributed by atoms with Crippen molar-refractivity contribution in [3.05, 3.63) is 70.7 Å². The van der Waals surface area contributed by atoms with Gasteiger partial charge in [-0.25, -0.2) is 4.79 Å². The van der Waals surface area contributed by atoms with Crippen LogP contribution < -0.4 is 5.69 Å². The van der Waals surface area contributed by atoms with Crippen LogP contribution in [0.2, 0.25) is 0 Å². The van der Waals surface area contributed by atoms with Crippen LogP contribution in [-0.2, 0) is 13.0 Å². The number of aromatic amines is 1. The highest BCUT2D eigenvalue weighted by molar-refractivity contribution is 5.81. The van der Waals surface area contributed by atoms with E-state index in [-0.39, 0.29) is 11.7 Å². The van der Waals surface area contributed by atoms with Crippen LogP contribution in [0.5, 0.6) is 0 Å². The highest BCUT2D eigenvalue weighted by atomic mass is 16.1. The van der Waals surface area contributed by atoms with Crippen LogP contribution in [0.1, 0.15) is 76.6 Å². The quantitative estimate of drug-likeness (QED) is 0.320. The summed E-state index contributed by atoms with van der Waals surface area (Å²) in [5.74, 6) is 1.64. The molecule has 0 saturated heterocycles. The molecule has 0 spiro atoms. The van der Waals surface area contributed by atoms with E-state index in [2.05, 4.69) is 63.2 Å². The van der Waals surface area contributed by atoms with Crippen LogP contribution in [0.3, 0.4) is 0 Å². The molecule has 0 radical (unpaired) electrons. The average Bonchev–Trinajstić information content (AvgIpc) is 3.57. The monoisotopic (exact) mass is 499 g/mol. The number of rotatable bonds is 9. The van der Waals surface area contributed by atoms with E-state index in [0.29, 0.717) is 24.2 Å². The van der Waals surface area contributed by atoms with Gasteiger partial charge < -0.3 is 0 Å². The summed E-state index contributed by atoms with van der Waals surface area (Å²) in [6.07, 6.45) is 13.6. The van der Waals surface area contributed by atoms with Gasteiger partial charge in [0, 0.05) is 35.9 Å². The first-order chi connectivity index (χ1) is 18.1. The number of hydrogen-bond acceptors (Lipinski definition) is 5. The molecule has 1 aliphatic carbocycles. The fourth-order valence-electron chi connectivity index (χ4n) is 5.95. The third kappa shape index (κ3) is 5.15. The van der Waals surface area contributed by atoms with E-state index in [1.54, 1.807) is 6.20 Å². The lowest BCUT2D eigenvalue weighted by Crippen LogP contribution is -2.34. The summed E-state index contributed by atoms with van der Waals surface area (Å²) >= 11 is 0. The van der Waals surface area contributed by atoms with Gasteiger partial charge in [-0.05, 0) is 65.5 Å². The standard InChI is InChI=1S/C29H37N7O/c1-4-5-10-22-19-36(27-14-9-8-11-23(27)20(2)3)29(37)35(22)18-21-17-30-16-15-24(21)25-12-6-7-13-26(25)28-31-33-34-32-28/h6-7,12-13,15-17,19-20,23,27H,4-5,8-11,14,18H2,1-3H3,(H,31,32,33,34). The van der Waals surface area contributed by atoms with Gasteiger partial charge in [0.1, 0.15) is 0 Å². The molecule has 1 saturated carbocycles. The molecule has 1 aliphatic rings. The summed E-state index contributed by atoms with van der Waals surface area (Å²) in [6, 6.07) is 10.3. The highest BCUT2D eigenvalue weighted by Crippen LogP contribution is 2.38.